The Kier molecular flexibility index (Phi) is 6.09. The van der Waals surface area contributed by atoms with Crippen molar-refractivity contribution in [2.24, 2.45) is 17.1 Å². The predicted molar refractivity (Wildman–Crippen MR) is 78.4 cm³/mol. The molecule has 2 aliphatic rings. The first-order valence-corrected chi connectivity index (χ1v) is 7.13. The zero-order valence-corrected chi connectivity index (χ0v) is 12.9. The number of carbonyl (C=O) groups excluding carboxylic acids is 1. The first kappa shape index (κ1) is 16.7. The highest BCUT2D eigenvalue weighted by molar-refractivity contribution is 5.85. The number of ether oxygens (including phenoxy) is 1. The molecule has 2 fully saturated rings. The predicted octanol–water partition coefficient (Wildman–Crippen LogP) is 1.81. The van der Waals surface area contributed by atoms with Gasteiger partial charge in [0, 0.05) is 26.3 Å². The molecule has 1 heterocycles. The summed E-state index contributed by atoms with van der Waals surface area (Å²) in [5, 5.41) is 0. The maximum atomic E-state index is 12.8. The Morgan fingerprint density at radius 3 is 2.58 bits per heavy atom. The van der Waals surface area contributed by atoms with Gasteiger partial charge in [-0.25, -0.2) is 0 Å². The standard InChI is InChI=1S/C14H26N2O2.ClH/c1-11-8-12(9-15)10-16(11)13(17)14(4-3-5-14)6-7-18-2;/h11-12H,3-10,15H2,1-2H3;1H. The van der Waals surface area contributed by atoms with Crippen LogP contribution in [0.3, 0.4) is 0 Å². The smallest absolute Gasteiger partial charge is 0.229 e. The van der Waals surface area contributed by atoms with Crippen LogP contribution in [0, 0.1) is 11.3 Å². The van der Waals surface area contributed by atoms with Crippen molar-refractivity contribution >= 4 is 18.3 Å². The van der Waals surface area contributed by atoms with E-state index in [2.05, 4.69) is 11.8 Å². The monoisotopic (exact) mass is 290 g/mol. The Labute approximate surface area is 122 Å². The molecule has 5 heteroatoms. The van der Waals surface area contributed by atoms with Gasteiger partial charge in [0.2, 0.25) is 5.91 Å². The van der Waals surface area contributed by atoms with Gasteiger partial charge in [-0.3, -0.25) is 4.79 Å². The number of rotatable bonds is 5. The van der Waals surface area contributed by atoms with Crippen molar-refractivity contribution in [2.75, 3.05) is 26.8 Å². The fourth-order valence-electron chi connectivity index (χ4n) is 3.37. The van der Waals surface area contributed by atoms with Gasteiger partial charge in [-0.2, -0.15) is 0 Å². The number of hydrogen-bond acceptors (Lipinski definition) is 3. The van der Waals surface area contributed by atoms with Crippen molar-refractivity contribution in [2.45, 2.75) is 45.1 Å². The van der Waals surface area contributed by atoms with E-state index in [9.17, 15) is 4.79 Å². The van der Waals surface area contributed by atoms with E-state index >= 15 is 0 Å². The van der Waals surface area contributed by atoms with Gasteiger partial charge >= 0.3 is 0 Å². The fraction of sp³-hybridized carbons (Fsp3) is 0.929. The van der Waals surface area contributed by atoms with E-state index in [4.69, 9.17) is 10.5 Å². The third kappa shape index (κ3) is 3.23. The van der Waals surface area contributed by atoms with Crippen LogP contribution in [-0.2, 0) is 9.53 Å². The van der Waals surface area contributed by atoms with Crippen molar-refractivity contribution in [3.63, 3.8) is 0 Å². The number of methoxy groups -OCH3 is 1. The normalized spacial score (nSPS) is 28.7. The van der Waals surface area contributed by atoms with Crippen molar-refractivity contribution in [1.82, 2.24) is 4.90 Å². The van der Waals surface area contributed by atoms with Crippen LogP contribution in [0.2, 0.25) is 0 Å². The highest BCUT2D eigenvalue weighted by atomic mass is 35.5. The third-order valence-electron chi connectivity index (χ3n) is 4.80. The molecule has 112 valence electrons. The van der Waals surface area contributed by atoms with E-state index in [-0.39, 0.29) is 17.8 Å². The number of amides is 1. The first-order valence-electron chi connectivity index (χ1n) is 7.13. The van der Waals surface area contributed by atoms with Crippen LogP contribution < -0.4 is 5.73 Å². The Balaban J connectivity index is 0.00000180. The average molecular weight is 291 g/mol. The number of nitrogens with zero attached hydrogens (tertiary/aromatic N) is 1. The maximum Gasteiger partial charge on any atom is 0.229 e. The van der Waals surface area contributed by atoms with E-state index in [1.165, 1.54) is 6.42 Å². The summed E-state index contributed by atoms with van der Waals surface area (Å²) in [5.74, 6) is 0.845. The quantitative estimate of drug-likeness (QED) is 0.840. The molecule has 1 saturated heterocycles. The number of hydrogen-bond donors (Lipinski definition) is 1. The molecule has 2 rings (SSSR count). The van der Waals surface area contributed by atoms with Crippen LogP contribution in [0.5, 0.6) is 0 Å². The van der Waals surface area contributed by atoms with Crippen LogP contribution in [0.15, 0.2) is 0 Å². The molecular weight excluding hydrogens is 264 g/mol. The van der Waals surface area contributed by atoms with Crippen LogP contribution in [-0.4, -0.2) is 43.7 Å². The molecule has 0 spiro atoms. The molecule has 4 nitrogen and oxygen atoms in total. The Morgan fingerprint density at radius 2 is 2.16 bits per heavy atom. The summed E-state index contributed by atoms with van der Waals surface area (Å²) in [6, 6.07) is 0.353. The molecule has 0 aromatic rings. The molecule has 0 radical (unpaired) electrons. The van der Waals surface area contributed by atoms with E-state index in [1.54, 1.807) is 7.11 Å². The molecule has 2 N–H and O–H groups in total. The SMILES string of the molecule is COCCC1(C(=O)N2CC(CN)CC2C)CCC1.Cl. The lowest BCUT2D eigenvalue weighted by Crippen LogP contribution is -2.49. The second-order valence-electron chi connectivity index (χ2n) is 6.02. The van der Waals surface area contributed by atoms with E-state index in [1.807, 2.05) is 0 Å². The summed E-state index contributed by atoms with van der Waals surface area (Å²) in [6.07, 6.45) is 5.18. The summed E-state index contributed by atoms with van der Waals surface area (Å²) in [4.78, 5) is 14.8. The summed E-state index contributed by atoms with van der Waals surface area (Å²) in [6.45, 7) is 4.38. The molecule has 2 atom stereocenters. The average Bonchev–Trinajstić information content (AvgIpc) is 2.69. The maximum absolute atomic E-state index is 12.8. The molecule has 1 amide bonds. The van der Waals surface area contributed by atoms with Crippen LogP contribution in [0.1, 0.15) is 39.0 Å². The third-order valence-corrected chi connectivity index (χ3v) is 4.80. The minimum atomic E-state index is -0.117. The second kappa shape index (κ2) is 6.91. The lowest BCUT2D eigenvalue weighted by Gasteiger charge is -2.43. The molecule has 0 bridgehead atoms. The minimum Gasteiger partial charge on any atom is -0.385 e. The van der Waals surface area contributed by atoms with Crippen LogP contribution >= 0.6 is 12.4 Å². The molecule has 0 aromatic carbocycles. The van der Waals surface area contributed by atoms with Gasteiger partial charge in [0.1, 0.15) is 0 Å². The number of carbonyl (C=O) groups is 1. The highest BCUT2D eigenvalue weighted by Gasteiger charge is 2.48. The highest BCUT2D eigenvalue weighted by Crippen LogP contribution is 2.46. The van der Waals surface area contributed by atoms with Crippen molar-refractivity contribution in [3.8, 4) is 0 Å². The molecule has 19 heavy (non-hydrogen) atoms. The van der Waals surface area contributed by atoms with Crippen molar-refractivity contribution in [3.05, 3.63) is 0 Å². The lowest BCUT2D eigenvalue weighted by atomic mass is 9.65. The largest absolute Gasteiger partial charge is 0.385 e. The van der Waals surface area contributed by atoms with Crippen molar-refractivity contribution < 1.29 is 9.53 Å². The topological polar surface area (TPSA) is 55.6 Å². The number of likely N-dealkylation sites (tertiary alicyclic amines) is 1. The van der Waals surface area contributed by atoms with Crippen molar-refractivity contribution in [1.29, 1.82) is 0 Å². The van der Waals surface area contributed by atoms with Gasteiger partial charge in [-0.1, -0.05) is 6.42 Å². The van der Waals surface area contributed by atoms with Gasteiger partial charge < -0.3 is 15.4 Å². The summed E-state index contributed by atoms with van der Waals surface area (Å²) < 4.78 is 5.16. The van der Waals surface area contributed by atoms with E-state index in [0.29, 0.717) is 31.0 Å². The first-order chi connectivity index (χ1) is 8.63. The van der Waals surface area contributed by atoms with Gasteiger partial charge in [0.05, 0.1) is 5.41 Å². The lowest BCUT2D eigenvalue weighted by molar-refractivity contribution is -0.149. The summed E-state index contributed by atoms with van der Waals surface area (Å²) >= 11 is 0. The molecular formula is C14H27ClN2O2. The summed E-state index contributed by atoms with van der Waals surface area (Å²) in [7, 11) is 1.71. The zero-order chi connectivity index (χ0) is 13.2. The minimum absolute atomic E-state index is 0. The summed E-state index contributed by atoms with van der Waals surface area (Å²) in [5.41, 5.74) is 5.62. The van der Waals surface area contributed by atoms with E-state index in [0.717, 1.165) is 32.2 Å². The molecule has 1 saturated carbocycles. The molecule has 2 unspecified atom stereocenters. The Hall–Kier alpha value is -0.320. The van der Waals surface area contributed by atoms with Crippen LogP contribution in [0.4, 0.5) is 0 Å². The fourth-order valence-corrected chi connectivity index (χ4v) is 3.37. The second-order valence-corrected chi connectivity index (χ2v) is 6.02. The van der Waals surface area contributed by atoms with Gasteiger partial charge in [-0.15, -0.1) is 12.4 Å². The van der Waals surface area contributed by atoms with Gasteiger partial charge in [-0.05, 0) is 45.1 Å². The number of halogens is 1. The molecule has 1 aliphatic carbocycles. The molecule has 1 aliphatic heterocycles. The van der Waals surface area contributed by atoms with Crippen LogP contribution in [0.25, 0.3) is 0 Å². The van der Waals surface area contributed by atoms with E-state index < -0.39 is 0 Å². The Bertz CT molecular complexity index is 308. The zero-order valence-electron chi connectivity index (χ0n) is 12.1. The molecule has 0 aromatic heterocycles. The Morgan fingerprint density at radius 1 is 1.47 bits per heavy atom. The number of nitrogens with two attached hydrogens (primary N) is 1. The van der Waals surface area contributed by atoms with Gasteiger partial charge in [0.15, 0.2) is 0 Å². The van der Waals surface area contributed by atoms with Gasteiger partial charge in [0.25, 0.3) is 0 Å².